The SMILES string of the molecule is CC1=C(CNC(C)C)C=C(c2csc(-c3ccccc3C)n2)C(C2CCCCC2)C1. The van der Waals surface area contributed by atoms with Gasteiger partial charge in [0.15, 0.2) is 0 Å². The van der Waals surface area contributed by atoms with Crippen molar-refractivity contribution >= 4 is 16.9 Å². The molecule has 4 rings (SSSR count). The zero-order valence-corrected chi connectivity index (χ0v) is 19.8. The molecule has 1 unspecified atom stereocenters. The summed E-state index contributed by atoms with van der Waals surface area (Å²) in [6.07, 6.45) is 10.6. The molecule has 1 atom stereocenters. The Morgan fingerprint density at radius 1 is 1.10 bits per heavy atom. The van der Waals surface area contributed by atoms with E-state index in [2.05, 4.69) is 68.7 Å². The van der Waals surface area contributed by atoms with Crippen molar-refractivity contribution in [1.29, 1.82) is 0 Å². The highest BCUT2D eigenvalue weighted by Crippen LogP contribution is 2.45. The van der Waals surface area contributed by atoms with Crippen molar-refractivity contribution in [3.8, 4) is 10.6 Å². The maximum Gasteiger partial charge on any atom is 0.124 e. The van der Waals surface area contributed by atoms with E-state index in [-0.39, 0.29) is 0 Å². The molecule has 0 amide bonds. The van der Waals surface area contributed by atoms with Gasteiger partial charge in [-0.15, -0.1) is 11.3 Å². The van der Waals surface area contributed by atoms with Crippen LogP contribution in [0.5, 0.6) is 0 Å². The van der Waals surface area contributed by atoms with Gasteiger partial charge in [-0.2, -0.15) is 0 Å². The number of rotatable bonds is 6. The van der Waals surface area contributed by atoms with Crippen LogP contribution >= 0.6 is 11.3 Å². The Kier molecular flexibility index (Phi) is 6.90. The van der Waals surface area contributed by atoms with Crippen LogP contribution in [0.15, 0.2) is 46.9 Å². The Balaban J connectivity index is 1.68. The first-order chi connectivity index (χ1) is 14.5. The fraction of sp³-hybridized carbons (Fsp3) is 0.519. The summed E-state index contributed by atoms with van der Waals surface area (Å²) in [5.74, 6) is 1.43. The zero-order chi connectivity index (χ0) is 21.1. The van der Waals surface area contributed by atoms with E-state index in [0.717, 1.165) is 17.5 Å². The Labute approximate surface area is 186 Å². The van der Waals surface area contributed by atoms with Crippen LogP contribution in [-0.2, 0) is 0 Å². The first kappa shape index (κ1) is 21.5. The van der Waals surface area contributed by atoms with Gasteiger partial charge >= 0.3 is 0 Å². The fourth-order valence-electron chi connectivity index (χ4n) is 5.07. The standard InChI is InChI=1S/C27H36N2S/c1-18(2)28-16-22-15-25(24(14-20(22)4)21-11-6-5-7-12-21)26-17-30-27(29-26)23-13-9-8-10-19(23)3/h8-10,13,15,17-18,21,24,28H,5-7,11-12,14,16H2,1-4H3. The number of hydrogen-bond donors (Lipinski definition) is 1. The van der Waals surface area contributed by atoms with Gasteiger partial charge in [0.05, 0.1) is 5.69 Å². The van der Waals surface area contributed by atoms with E-state index in [0.29, 0.717) is 12.0 Å². The second-order valence-corrected chi connectivity index (χ2v) is 10.4. The normalized spacial score (nSPS) is 20.7. The van der Waals surface area contributed by atoms with Crippen LogP contribution in [0.1, 0.15) is 70.6 Å². The molecule has 1 N–H and O–H groups in total. The summed E-state index contributed by atoms with van der Waals surface area (Å²) in [5.41, 5.74) is 8.31. The molecule has 0 radical (unpaired) electrons. The van der Waals surface area contributed by atoms with Crippen molar-refractivity contribution < 1.29 is 0 Å². The second kappa shape index (κ2) is 9.62. The van der Waals surface area contributed by atoms with Gasteiger partial charge in [-0.05, 0) is 61.7 Å². The highest BCUT2D eigenvalue weighted by atomic mass is 32.1. The van der Waals surface area contributed by atoms with Crippen LogP contribution in [0.2, 0.25) is 0 Å². The van der Waals surface area contributed by atoms with Gasteiger partial charge in [0, 0.05) is 23.5 Å². The maximum absolute atomic E-state index is 5.17. The van der Waals surface area contributed by atoms with Crippen LogP contribution < -0.4 is 5.32 Å². The predicted octanol–water partition coefficient (Wildman–Crippen LogP) is 7.42. The summed E-state index contributed by atoms with van der Waals surface area (Å²) in [6.45, 7) is 9.94. The number of allylic oxidation sites excluding steroid dienone is 2. The first-order valence-corrected chi connectivity index (χ1v) is 12.6. The highest BCUT2D eigenvalue weighted by Gasteiger charge is 2.31. The lowest BCUT2D eigenvalue weighted by atomic mass is 9.70. The summed E-state index contributed by atoms with van der Waals surface area (Å²) < 4.78 is 0. The number of aromatic nitrogens is 1. The third-order valence-electron chi connectivity index (χ3n) is 6.90. The van der Waals surface area contributed by atoms with Gasteiger partial charge in [-0.3, -0.25) is 0 Å². The van der Waals surface area contributed by atoms with Gasteiger partial charge < -0.3 is 5.32 Å². The molecule has 1 heterocycles. The van der Waals surface area contributed by atoms with Crippen molar-refractivity contribution in [2.75, 3.05) is 6.54 Å². The van der Waals surface area contributed by atoms with Crippen molar-refractivity contribution in [2.45, 2.75) is 72.3 Å². The number of hydrogen-bond acceptors (Lipinski definition) is 3. The molecule has 2 aromatic rings. The van der Waals surface area contributed by atoms with E-state index >= 15 is 0 Å². The van der Waals surface area contributed by atoms with Crippen molar-refractivity contribution in [2.24, 2.45) is 11.8 Å². The molecule has 2 aliphatic carbocycles. The molecule has 1 saturated carbocycles. The topological polar surface area (TPSA) is 24.9 Å². The van der Waals surface area contributed by atoms with Gasteiger partial charge in [0.2, 0.25) is 0 Å². The minimum atomic E-state index is 0.505. The molecule has 0 bridgehead atoms. The number of thiazole rings is 1. The van der Waals surface area contributed by atoms with Gasteiger partial charge in [-0.1, -0.05) is 69.0 Å². The molecular formula is C27H36N2S. The molecule has 0 saturated heterocycles. The monoisotopic (exact) mass is 420 g/mol. The van der Waals surface area contributed by atoms with Crippen molar-refractivity contribution in [1.82, 2.24) is 10.3 Å². The minimum absolute atomic E-state index is 0.505. The third-order valence-corrected chi connectivity index (χ3v) is 7.77. The third kappa shape index (κ3) is 4.78. The van der Waals surface area contributed by atoms with E-state index in [1.165, 1.54) is 66.5 Å². The molecule has 2 nitrogen and oxygen atoms in total. The van der Waals surface area contributed by atoms with Crippen LogP contribution in [0.3, 0.4) is 0 Å². The lowest BCUT2D eigenvalue weighted by molar-refractivity contribution is 0.289. The lowest BCUT2D eigenvalue weighted by Crippen LogP contribution is -2.28. The Hall–Kier alpha value is -1.71. The highest BCUT2D eigenvalue weighted by molar-refractivity contribution is 7.13. The van der Waals surface area contributed by atoms with E-state index in [4.69, 9.17) is 4.98 Å². The summed E-state index contributed by atoms with van der Waals surface area (Å²) in [5, 5.41) is 7.09. The molecule has 1 aromatic heterocycles. The predicted molar refractivity (Wildman–Crippen MR) is 131 cm³/mol. The average Bonchev–Trinajstić information content (AvgIpc) is 3.23. The zero-order valence-electron chi connectivity index (χ0n) is 19.0. The molecule has 0 spiro atoms. The number of nitrogens with zero attached hydrogens (tertiary/aromatic N) is 1. The number of benzene rings is 1. The molecule has 1 aromatic carbocycles. The maximum atomic E-state index is 5.17. The first-order valence-electron chi connectivity index (χ1n) is 11.7. The van der Waals surface area contributed by atoms with Crippen molar-refractivity contribution in [3.63, 3.8) is 0 Å². The van der Waals surface area contributed by atoms with Gasteiger partial charge in [0.1, 0.15) is 5.01 Å². The average molecular weight is 421 g/mol. The smallest absolute Gasteiger partial charge is 0.124 e. The molecular weight excluding hydrogens is 384 g/mol. The fourth-order valence-corrected chi connectivity index (χ4v) is 5.99. The summed E-state index contributed by atoms with van der Waals surface area (Å²) in [7, 11) is 0. The quantitative estimate of drug-likeness (QED) is 0.526. The van der Waals surface area contributed by atoms with E-state index in [1.54, 1.807) is 16.9 Å². The van der Waals surface area contributed by atoms with Crippen molar-refractivity contribution in [3.05, 3.63) is 58.1 Å². The summed E-state index contributed by atoms with van der Waals surface area (Å²) in [4.78, 5) is 5.17. The number of aryl methyl sites for hydroxylation is 1. The van der Waals surface area contributed by atoms with Gasteiger partial charge in [-0.25, -0.2) is 4.98 Å². The van der Waals surface area contributed by atoms with Crippen LogP contribution in [-0.4, -0.2) is 17.6 Å². The molecule has 2 aliphatic rings. The molecule has 160 valence electrons. The van der Waals surface area contributed by atoms with Crippen LogP contribution in [0.25, 0.3) is 16.1 Å². The van der Waals surface area contributed by atoms with Gasteiger partial charge in [0.25, 0.3) is 0 Å². The molecule has 1 fully saturated rings. The Morgan fingerprint density at radius 3 is 2.60 bits per heavy atom. The molecule has 30 heavy (non-hydrogen) atoms. The van der Waals surface area contributed by atoms with E-state index in [1.807, 2.05) is 0 Å². The number of nitrogens with one attached hydrogen (secondary N) is 1. The molecule has 3 heteroatoms. The Morgan fingerprint density at radius 2 is 1.87 bits per heavy atom. The largest absolute Gasteiger partial charge is 0.310 e. The Bertz CT molecular complexity index is 928. The van der Waals surface area contributed by atoms with Crippen LogP contribution in [0.4, 0.5) is 0 Å². The minimum Gasteiger partial charge on any atom is -0.310 e. The van der Waals surface area contributed by atoms with E-state index in [9.17, 15) is 0 Å². The van der Waals surface area contributed by atoms with Crippen LogP contribution in [0, 0.1) is 18.8 Å². The van der Waals surface area contributed by atoms with E-state index < -0.39 is 0 Å². The lowest BCUT2D eigenvalue weighted by Gasteiger charge is -2.35. The second-order valence-electron chi connectivity index (χ2n) is 9.50. The summed E-state index contributed by atoms with van der Waals surface area (Å²) >= 11 is 1.80. The summed E-state index contributed by atoms with van der Waals surface area (Å²) in [6, 6.07) is 9.12. The molecule has 0 aliphatic heterocycles.